The van der Waals surface area contributed by atoms with Crippen molar-refractivity contribution < 1.29 is 31.5 Å². The lowest BCUT2D eigenvalue weighted by molar-refractivity contribution is -0.137. The number of pyridine rings is 1. The van der Waals surface area contributed by atoms with Crippen molar-refractivity contribution in [3.05, 3.63) is 94.9 Å². The molecule has 1 N–H and O–H groups in total. The predicted molar refractivity (Wildman–Crippen MR) is 130 cm³/mol. The molecule has 8 nitrogen and oxygen atoms in total. The number of carboxylic acid groups (broad SMARTS) is 1. The van der Waals surface area contributed by atoms with Crippen LogP contribution in [0.5, 0.6) is 0 Å². The highest BCUT2D eigenvalue weighted by molar-refractivity contribution is 7.92. The minimum absolute atomic E-state index is 0.137. The molecule has 2 aromatic carbocycles. The number of hydrogen-bond acceptors (Lipinski definition) is 5. The van der Waals surface area contributed by atoms with Crippen molar-refractivity contribution in [2.75, 3.05) is 4.31 Å². The SMILES string of the molecule is Cn1cc(-c2ccc(CN(c3ncc(C(F)(F)F)cc3Cl)S(=O)(=O)c3ccc(C(=O)O)cc3)cc2)cn1. The molecule has 4 aromatic rings. The maximum Gasteiger partial charge on any atom is 0.417 e. The fraction of sp³-hybridized carbons (Fsp3) is 0.125. The maximum absolute atomic E-state index is 13.6. The molecule has 0 amide bonds. The van der Waals surface area contributed by atoms with Crippen LogP contribution in [0.2, 0.25) is 5.02 Å². The molecule has 2 heterocycles. The van der Waals surface area contributed by atoms with E-state index in [9.17, 15) is 26.4 Å². The molecule has 0 fully saturated rings. The number of benzene rings is 2. The molecule has 0 saturated heterocycles. The maximum atomic E-state index is 13.6. The Morgan fingerprint density at radius 2 is 1.70 bits per heavy atom. The Bertz CT molecular complexity index is 1550. The first-order chi connectivity index (χ1) is 17.4. The molecular formula is C24H18ClF3N4O4S. The molecule has 0 unspecified atom stereocenters. The summed E-state index contributed by atoms with van der Waals surface area (Å²) in [5.41, 5.74) is 0.884. The standard InChI is InChI=1S/C24H18ClF3N4O4S/c1-31-14-18(11-30-31)16-4-2-15(3-5-16)13-32(22-21(25)10-19(12-29-22)24(26,27)28)37(35,36)20-8-6-17(7-9-20)23(33)34/h2-12,14H,13H2,1H3,(H,33,34). The van der Waals surface area contributed by atoms with Crippen LogP contribution in [0.3, 0.4) is 0 Å². The molecule has 0 aliphatic rings. The van der Waals surface area contributed by atoms with E-state index >= 15 is 0 Å². The summed E-state index contributed by atoms with van der Waals surface area (Å²) in [7, 11) is -2.66. The lowest BCUT2D eigenvalue weighted by atomic mass is 10.1. The van der Waals surface area contributed by atoms with Gasteiger partial charge in [-0.15, -0.1) is 0 Å². The summed E-state index contributed by atoms with van der Waals surface area (Å²) in [6.07, 6.45) is -0.757. The van der Waals surface area contributed by atoms with Crippen LogP contribution in [-0.4, -0.2) is 34.3 Å². The molecule has 0 aliphatic carbocycles. The molecule has 0 bridgehead atoms. The lowest BCUT2D eigenvalue weighted by Gasteiger charge is -2.25. The van der Waals surface area contributed by atoms with E-state index in [1.165, 1.54) is 0 Å². The van der Waals surface area contributed by atoms with Crippen LogP contribution in [0.4, 0.5) is 19.0 Å². The van der Waals surface area contributed by atoms with E-state index in [-0.39, 0.29) is 17.0 Å². The molecule has 4 rings (SSSR count). The predicted octanol–water partition coefficient (Wildman–Crippen LogP) is 5.25. The number of halogens is 4. The minimum Gasteiger partial charge on any atom is -0.478 e. The van der Waals surface area contributed by atoms with Gasteiger partial charge in [0, 0.05) is 25.0 Å². The largest absolute Gasteiger partial charge is 0.478 e. The third-order valence-corrected chi connectivity index (χ3v) is 7.42. The van der Waals surface area contributed by atoms with Crippen molar-refractivity contribution in [2.45, 2.75) is 17.6 Å². The monoisotopic (exact) mass is 550 g/mol. The van der Waals surface area contributed by atoms with Crippen LogP contribution < -0.4 is 4.31 Å². The molecule has 192 valence electrons. The van der Waals surface area contributed by atoms with Crippen molar-refractivity contribution >= 4 is 33.4 Å². The Labute approximate surface area is 214 Å². The quantitative estimate of drug-likeness (QED) is 0.337. The van der Waals surface area contributed by atoms with E-state index in [1.807, 2.05) is 0 Å². The summed E-state index contributed by atoms with van der Waals surface area (Å²) in [6, 6.07) is 11.8. The van der Waals surface area contributed by atoms with Gasteiger partial charge in [-0.1, -0.05) is 35.9 Å². The lowest BCUT2D eigenvalue weighted by Crippen LogP contribution is -2.32. The Morgan fingerprint density at radius 3 is 2.22 bits per heavy atom. The van der Waals surface area contributed by atoms with Crippen LogP contribution >= 0.6 is 11.6 Å². The third kappa shape index (κ3) is 5.59. The van der Waals surface area contributed by atoms with Crippen LogP contribution in [0, 0.1) is 0 Å². The first-order valence-corrected chi connectivity index (χ1v) is 12.3. The summed E-state index contributed by atoms with van der Waals surface area (Å²) in [6.45, 7) is -0.311. The van der Waals surface area contributed by atoms with Gasteiger partial charge in [-0.2, -0.15) is 18.3 Å². The highest BCUT2D eigenvalue weighted by atomic mass is 35.5. The molecule has 0 aliphatic heterocycles. The number of hydrogen-bond donors (Lipinski definition) is 1. The average molecular weight is 551 g/mol. The summed E-state index contributed by atoms with van der Waals surface area (Å²) in [5.74, 6) is -1.66. The first-order valence-electron chi connectivity index (χ1n) is 10.5. The molecule has 13 heteroatoms. The van der Waals surface area contributed by atoms with Gasteiger partial charge in [0.25, 0.3) is 10.0 Å². The molecule has 37 heavy (non-hydrogen) atoms. The van der Waals surface area contributed by atoms with E-state index in [0.29, 0.717) is 17.8 Å². The van der Waals surface area contributed by atoms with Crippen LogP contribution in [0.25, 0.3) is 11.1 Å². The van der Waals surface area contributed by atoms with Gasteiger partial charge in [0.05, 0.1) is 33.8 Å². The molecule has 0 atom stereocenters. The van der Waals surface area contributed by atoms with Gasteiger partial charge in [0.2, 0.25) is 0 Å². The number of rotatable bonds is 7. The Hall–Kier alpha value is -3.90. The number of aromatic carboxylic acids is 1. The third-order valence-electron chi connectivity index (χ3n) is 5.39. The topological polar surface area (TPSA) is 105 Å². The fourth-order valence-corrected chi connectivity index (χ4v) is 5.22. The van der Waals surface area contributed by atoms with E-state index < -0.39 is 38.6 Å². The second kappa shape index (κ2) is 9.87. The summed E-state index contributed by atoms with van der Waals surface area (Å²) in [4.78, 5) is 14.6. The first kappa shape index (κ1) is 26.2. The minimum atomic E-state index is -4.73. The van der Waals surface area contributed by atoms with Gasteiger partial charge in [-0.3, -0.25) is 4.68 Å². The second-order valence-corrected chi connectivity index (χ2v) is 10.2. The van der Waals surface area contributed by atoms with E-state index in [0.717, 1.165) is 39.7 Å². The number of sulfonamides is 1. The zero-order chi connectivity index (χ0) is 27.0. The van der Waals surface area contributed by atoms with E-state index in [4.69, 9.17) is 16.7 Å². The fourth-order valence-electron chi connectivity index (χ4n) is 3.48. The van der Waals surface area contributed by atoms with Crippen LogP contribution in [-0.2, 0) is 29.8 Å². The van der Waals surface area contributed by atoms with Crippen LogP contribution in [0.1, 0.15) is 21.5 Å². The molecule has 0 saturated carbocycles. The zero-order valence-electron chi connectivity index (χ0n) is 19.0. The van der Waals surface area contributed by atoms with Gasteiger partial charge in [-0.05, 0) is 41.5 Å². The highest BCUT2D eigenvalue weighted by Crippen LogP contribution is 2.36. The number of anilines is 1. The molecule has 0 spiro atoms. The molecular weight excluding hydrogens is 533 g/mol. The van der Waals surface area contributed by atoms with E-state index in [1.54, 1.807) is 48.4 Å². The van der Waals surface area contributed by atoms with Gasteiger partial charge >= 0.3 is 12.1 Å². The van der Waals surface area contributed by atoms with Crippen molar-refractivity contribution in [1.29, 1.82) is 0 Å². The van der Waals surface area contributed by atoms with Crippen molar-refractivity contribution in [3.8, 4) is 11.1 Å². The Balaban J connectivity index is 1.76. The van der Waals surface area contributed by atoms with Gasteiger partial charge in [0.15, 0.2) is 5.82 Å². The smallest absolute Gasteiger partial charge is 0.417 e. The van der Waals surface area contributed by atoms with Crippen molar-refractivity contribution in [1.82, 2.24) is 14.8 Å². The molecule has 2 aromatic heterocycles. The second-order valence-electron chi connectivity index (χ2n) is 7.97. The molecule has 0 radical (unpaired) electrons. The number of carbonyl (C=O) groups is 1. The van der Waals surface area contributed by atoms with Gasteiger partial charge in [-0.25, -0.2) is 22.5 Å². The van der Waals surface area contributed by atoms with E-state index in [2.05, 4.69) is 10.1 Å². The normalized spacial score (nSPS) is 11.9. The average Bonchev–Trinajstić information content (AvgIpc) is 3.28. The van der Waals surface area contributed by atoms with Gasteiger partial charge in [0.1, 0.15) is 0 Å². The highest BCUT2D eigenvalue weighted by Gasteiger charge is 2.34. The Morgan fingerprint density at radius 1 is 1.05 bits per heavy atom. The number of aryl methyl sites for hydroxylation is 1. The zero-order valence-corrected chi connectivity index (χ0v) is 20.6. The number of nitrogens with zero attached hydrogens (tertiary/aromatic N) is 4. The van der Waals surface area contributed by atoms with Crippen molar-refractivity contribution in [2.24, 2.45) is 7.05 Å². The summed E-state index contributed by atoms with van der Waals surface area (Å²) < 4.78 is 69.0. The van der Waals surface area contributed by atoms with Crippen molar-refractivity contribution in [3.63, 3.8) is 0 Å². The Kier molecular flexibility index (Phi) is 6.98. The van der Waals surface area contributed by atoms with Gasteiger partial charge < -0.3 is 5.11 Å². The number of carboxylic acids is 1. The summed E-state index contributed by atoms with van der Waals surface area (Å²) >= 11 is 6.11. The van der Waals surface area contributed by atoms with Crippen LogP contribution in [0.15, 0.2) is 78.1 Å². The summed E-state index contributed by atoms with van der Waals surface area (Å²) in [5, 5.41) is 12.7. The number of alkyl halides is 3. The number of aromatic nitrogens is 3.